The lowest BCUT2D eigenvalue weighted by Crippen LogP contribution is -2.42. The minimum Gasteiger partial charge on any atom is -0.480 e. The fourth-order valence-corrected chi connectivity index (χ4v) is 2.71. The highest BCUT2D eigenvalue weighted by Crippen LogP contribution is 2.29. The van der Waals surface area contributed by atoms with Crippen LogP contribution < -0.4 is 5.32 Å². The van der Waals surface area contributed by atoms with Crippen LogP contribution in [-0.4, -0.2) is 28.0 Å². The number of pyridine rings is 1. The molecule has 2 aromatic carbocycles. The van der Waals surface area contributed by atoms with E-state index in [-0.39, 0.29) is 12.0 Å². The molecule has 0 radical (unpaired) electrons. The molecular formula is C20H15F3N2O3. The van der Waals surface area contributed by atoms with Gasteiger partial charge in [0, 0.05) is 23.1 Å². The molecular weight excluding hydrogens is 373 g/mol. The molecule has 0 aliphatic heterocycles. The number of aliphatic carboxylic acids is 1. The number of alkyl halides is 3. The van der Waals surface area contributed by atoms with Gasteiger partial charge in [0.2, 0.25) is 0 Å². The van der Waals surface area contributed by atoms with Gasteiger partial charge in [0.05, 0.1) is 11.1 Å². The minimum absolute atomic E-state index is 0.106. The first kappa shape index (κ1) is 19.3. The summed E-state index contributed by atoms with van der Waals surface area (Å²) in [6.45, 7) is 0. The van der Waals surface area contributed by atoms with Crippen LogP contribution in [0.3, 0.4) is 0 Å². The lowest BCUT2D eigenvalue weighted by atomic mass is 10.1. The van der Waals surface area contributed by atoms with E-state index in [1.54, 1.807) is 24.3 Å². The van der Waals surface area contributed by atoms with E-state index in [1.807, 2.05) is 12.1 Å². The number of benzene rings is 2. The summed E-state index contributed by atoms with van der Waals surface area (Å²) in [5, 5.41) is 12.5. The number of nitrogens with one attached hydrogen (secondary N) is 1. The van der Waals surface area contributed by atoms with Crippen molar-refractivity contribution in [2.45, 2.75) is 18.6 Å². The zero-order chi connectivity index (χ0) is 20.3. The Morgan fingerprint density at radius 1 is 1.04 bits per heavy atom. The topological polar surface area (TPSA) is 79.3 Å². The van der Waals surface area contributed by atoms with E-state index in [9.17, 15) is 27.9 Å². The smallest absolute Gasteiger partial charge is 0.416 e. The van der Waals surface area contributed by atoms with Crippen molar-refractivity contribution in [3.63, 3.8) is 0 Å². The van der Waals surface area contributed by atoms with Crippen LogP contribution in [-0.2, 0) is 17.4 Å². The third-order valence-electron chi connectivity index (χ3n) is 4.12. The molecule has 1 heterocycles. The first-order chi connectivity index (χ1) is 13.2. The predicted octanol–water partition coefficient (Wildman–Crippen LogP) is 3.68. The number of carboxylic acids is 1. The third kappa shape index (κ3) is 4.46. The summed E-state index contributed by atoms with van der Waals surface area (Å²) < 4.78 is 38.4. The van der Waals surface area contributed by atoms with Crippen LogP contribution in [0.2, 0.25) is 0 Å². The highest BCUT2D eigenvalue weighted by Gasteiger charge is 2.31. The molecule has 0 aliphatic carbocycles. The monoisotopic (exact) mass is 388 g/mol. The predicted molar refractivity (Wildman–Crippen MR) is 95.8 cm³/mol. The molecule has 0 saturated carbocycles. The molecule has 0 bridgehead atoms. The SMILES string of the molecule is O=C(N[C@@H](Cc1ccc2ccccc2n1)C(=O)O)c1cccc(C(F)(F)F)c1. The first-order valence-corrected chi connectivity index (χ1v) is 8.29. The molecule has 1 atom stereocenters. The Kier molecular flexibility index (Phi) is 5.30. The normalized spacial score (nSPS) is 12.5. The fraction of sp³-hybridized carbons (Fsp3) is 0.150. The maximum atomic E-state index is 12.8. The minimum atomic E-state index is -4.60. The summed E-state index contributed by atoms with van der Waals surface area (Å²) in [5.74, 6) is -2.21. The molecule has 5 nitrogen and oxygen atoms in total. The number of hydrogen-bond acceptors (Lipinski definition) is 3. The van der Waals surface area contributed by atoms with Gasteiger partial charge in [0.25, 0.3) is 5.91 Å². The molecule has 8 heteroatoms. The van der Waals surface area contributed by atoms with Crippen molar-refractivity contribution in [2.24, 2.45) is 0 Å². The van der Waals surface area contributed by atoms with Crippen molar-refractivity contribution < 1.29 is 27.9 Å². The molecule has 144 valence electrons. The fourth-order valence-electron chi connectivity index (χ4n) is 2.71. The number of carboxylic acid groups (broad SMARTS) is 1. The summed E-state index contributed by atoms with van der Waals surface area (Å²) >= 11 is 0. The van der Waals surface area contributed by atoms with Gasteiger partial charge in [-0.05, 0) is 30.3 Å². The van der Waals surface area contributed by atoms with Crippen molar-refractivity contribution in [3.8, 4) is 0 Å². The van der Waals surface area contributed by atoms with Gasteiger partial charge >= 0.3 is 12.1 Å². The number of halogens is 3. The summed E-state index contributed by atoms with van der Waals surface area (Å²) in [6.07, 6.45) is -4.71. The van der Waals surface area contributed by atoms with E-state index in [0.717, 1.165) is 17.5 Å². The molecule has 3 aromatic rings. The van der Waals surface area contributed by atoms with Crippen LogP contribution in [0, 0.1) is 0 Å². The maximum absolute atomic E-state index is 12.8. The molecule has 0 fully saturated rings. The number of nitrogens with zero attached hydrogens (tertiary/aromatic N) is 1. The Morgan fingerprint density at radius 2 is 1.79 bits per heavy atom. The van der Waals surface area contributed by atoms with Gasteiger partial charge in [-0.1, -0.05) is 30.3 Å². The quantitative estimate of drug-likeness (QED) is 0.699. The Bertz CT molecular complexity index is 1030. The van der Waals surface area contributed by atoms with E-state index >= 15 is 0 Å². The zero-order valence-electron chi connectivity index (χ0n) is 14.4. The van der Waals surface area contributed by atoms with E-state index in [1.165, 1.54) is 6.07 Å². The van der Waals surface area contributed by atoms with Crippen molar-refractivity contribution in [3.05, 3.63) is 77.5 Å². The second-order valence-corrected chi connectivity index (χ2v) is 6.14. The lowest BCUT2D eigenvalue weighted by Gasteiger charge is -2.15. The number of fused-ring (bicyclic) bond motifs is 1. The van der Waals surface area contributed by atoms with Gasteiger partial charge in [-0.3, -0.25) is 9.78 Å². The molecule has 3 rings (SSSR count). The largest absolute Gasteiger partial charge is 0.480 e. The van der Waals surface area contributed by atoms with Crippen molar-refractivity contribution >= 4 is 22.8 Å². The first-order valence-electron chi connectivity index (χ1n) is 8.29. The van der Waals surface area contributed by atoms with Gasteiger partial charge in [0.15, 0.2) is 0 Å². The van der Waals surface area contributed by atoms with Crippen LogP contribution in [0.25, 0.3) is 10.9 Å². The highest BCUT2D eigenvalue weighted by atomic mass is 19.4. The number of para-hydroxylation sites is 1. The Balaban J connectivity index is 1.79. The van der Waals surface area contributed by atoms with Crippen molar-refractivity contribution in [1.29, 1.82) is 0 Å². The van der Waals surface area contributed by atoms with Gasteiger partial charge in [-0.2, -0.15) is 13.2 Å². The average molecular weight is 388 g/mol. The molecule has 0 spiro atoms. The molecule has 28 heavy (non-hydrogen) atoms. The van der Waals surface area contributed by atoms with E-state index in [2.05, 4.69) is 10.3 Å². The van der Waals surface area contributed by atoms with E-state index in [4.69, 9.17) is 0 Å². The summed E-state index contributed by atoms with van der Waals surface area (Å²) in [4.78, 5) is 28.2. The molecule has 0 unspecified atom stereocenters. The summed E-state index contributed by atoms with van der Waals surface area (Å²) in [6, 6.07) is 13.2. The Hall–Kier alpha value is -3.42. The molecule has 0 aliphatic rings. The van der Waals surface area contributed by atoms with Crippen molar-refractivity contribution in [1.82, 2.24) is 10.3 Å². The Morgan fingerprint density at radius 3 is 2.50 bits per heavy atom. The maximum Gasteiger partial charge on any atom is 0.416 e. The molecule has 1 aromatic heterocycles. The highest BCUT2D eigenvalue weighted by molar-refractivity contribution is 5.96. The number of aromatic nitrogens is 1. The standard InChI is InChI=1S/C20H15F3N2O3/c21-20(22,23)14-6-3-5-13(10-14)18(26)25-17(19(27)28)11-15-9-8-12-4-1-2-7-16(12)24-15/h1-10,17H,11H2,(H,25,26)(H,27,28)/t17-/m0/s1. The molecule has 1 amide bonds. The average Bonchev–Trinajstić information content (AvgIpc) is 2.66. The number of hydrogen-bond donors (Lipinski definition) is 2. The van der Waals surface area contributed by atoms with Crippen LogP contribution in [0.4, 0.5) is 13.2 Å². The van der Waals surface area contributed by atoms with Gasteiger partial charge < -0.3 is 10.4 Å². The summed E-state index contributed by atoms with van der Waals surface area (Å²) in [7, 11) is 0. The third-order valence-corrected chi connectivity index (χ3v) is 4.12. The molecule has 2 N–H and O–H groups in total. The number of rotatable bonds is 5. The second-order valence-electron chi connectivity index (χ2n) is 6.14. The van der Waals surface area contributed by atoms with Crippen LogP contribution >= 0.6 is 0 Å². The second kappa shape index (κ2) is 7.67. The Labute approximate surface area is 157 Å². The van der Waals surface area contributed by atoms with Crippen LogP contribution in [0.5, 0.6) is 0 Å². The zero-order valence-corrected chi connectivity index (χ0v) is 14.4. The van der Waals surface area contributed by atoms with Gasteiger partial charge in [-0.15, -0.1) is 0 Å². The van der Waals surface area contributed by atoms with Gasteiger partial charge in [0.1, 0.15) is 6.04 Å². The van der Waals surface area contributed by atoms with E-state index in [0.29, 0.717) is 17.3 Å². The lowest BCUT2D eigenvalue weighted by molar-refractivity contribution is -0.139. The van der Waals surface area contributed by atoms with Crippen LogP contribution in [0.1, 0.15) is 21.6 Å². The molecule has 0 saturated heterocycles. The van der Waals surface area contributed by atoms with Gasteiger partial charge in [-0.25, -0.2) is 4.79 Å². The number of amides is 1. The summed E-state index contributed by atoms with van der Waals surface area (Å²) in [5.41, 5.74) is -0.139. The number of carbonyl (C=O) groups is 2. The van der Waals surface area contributed by atoms with Crippen molar-refractivity contribution in [2.75, 3.05) is 0 Å². The number of carbonyl (C=O) groups excluding carboxylic acids is 1. The van der Waals surface area contributed by atoms with E-state index < -0.39 is 29.7 Å². The van der Waals surface area contributed by atoms with Crippen LogP contribution in [0.15, 0.2) is 60.7 Å².